The fourth-order valence-electron chi connectivity index (χ4n) is 2.84. The van der Waals surface area contributed by atoms with Crippen LogP contribution in [0.5, 0.6) is 0 Å². The molecule has 2 aromatic carbocycles. The van der Waals surface area contributed by atoms with Gasteiger partial charge in [-0.25, -0.2) is 4.68 Å². The van der Waals surface area contributed by atoms with Gasteiger partial charge in [0.1, 0.15) is 5.69 Å². The van der Waals surface area contributed by atoms with E-state index < -0.39 is 0 Å². The molecular weight excluding hydrogens is 390 g/mol. The molecule has 0 spiro atoms. The Morgan fingerprint density at radius 3 is 2.52 bits per heavy atom. The fraction of sp³-hybridized carbons (Fsp3) is 0.227. The highest BCUT2D eigenvalue weighted by Gasteiger charge is 2.18. The molecule has 3 rings (SSSR count). The van der Waals surface area contributed by atoms with Crippen molar-refractivity contribution in [3.05, 3.63) is 71.4 Å². The van der Waals surface area contributed by atoms with Gasteiger partial charge in [-0.2, -0.15) is 5.10 Å². The zero-order valence-corrected chi connectivity index (χ0v) is 16.9. The number of carbonyl (C=O) groups is 2. The van der Waals surface area contributed by atoms with E-state index in [9.17, 15) is 9.59 Å². The monoisotopic (exact) mass is 411 g/mol. The van der Waals surface area contributed by atoms with E-state index >= 15 is 0 Å². The summed E-state index contributed by atoms with van der Waals surface area (Å²) < 4.78 is 6.57. The van der Waals surface area contributed by atoms with Gasteiger partial charge in [0.2, 0.25) is 0 Å². The maximum absolute atomic E-state index is 12.8. The largest absolute Gasteiger partial charge is 0.466 e. The van der Waals surface area contributed by atoms with Crippen LogP contribution in [0.3, 0.4) is 0 Å². The van der Waals surface area contributed by atoms with E-state index in [0.29, 0.717) is 35.9 Å². The molecule has 1 N–H and O–H groups in total. The van der Waals surface area contributed by atoms with Crippen molar-refractivity contribution >= 4 is 23.5 Å². The molecule has 1 aromatic heterocycles. The van der Waals surface area contributed by atoms with E-state index in [2.05, 4.69) is 10.4 Å². The van der Waals surface area contributed by atoms with Crippen LogP contribution >= 0.6 is 11.6 Å². The summed E-state index contributed by atoms with van der Waals surface area (Å²) in [6, 6.07) is 16.8. The first-order chi connectivity index (χ1) is 14.1. The van der Waals surface area contributed by atoms with E-state index in [1.807, 2.05) is 42.5 Å². The summed E-state index contributed by atoms with van der Waals surface area (Å²) in [5.41, 5.74) is 2.66. The standard InChI is InChI=1S/C22H22ClN3O3/c1-2-29-20(27)9-6-14-24-22(28)19-15-26(18-7-4-3-5-8-18)25-21(19)16-10-12-17(23)13-11-16/h3-5,7-8,10-13,15H,2,6,9,14H2,1H3,(H,24,28). The molecule has 0 unspecified atom stereocenters. The van der Waals surface area contributed by atoms with E-state index in [0.717, 1.165) is 11.3 Å². The second-order valence-electron chi connectivity index (χ2n) is 6.34. The van der Waals surface area contributed by atoms with Crippen LogP contribution in [-0.2, 0) is 9.53 Å². The number of hydrogen-bond acceptors (Lipinski definition) is 4. The maximum atomic E-state index is 12.8. The topological polar surface area (TPSA) is 73.2 Å². The Hall–Kier alpha value is -3.12. The number of aromatic nitrogens is 2. The SMILES string of the molecule is CCOC(=O)CCCNC(=O)c1cn(-c2ccccc2)nc1-c1ccc(Cl)cc1. The van der Waals surface area contributed by atoms with Crippen molar-refractivity contribution in [3.63, 3.8) is 0 Å². The number of amides is 1. The minimum absolute atomic E-state index is 0.249. The average molecular weight is 412 g/mol. The third kappa shape index (κ3) is 5.45. The first kappa shape index (κ1) is 20.6. The summed E-state index contributed by atoms with van der Waals surface area (Å²) >= 11 is 5.99. The Labute approximate surface area is 174 Å². The number of ether oxygens (including phenoxy) is 1. The minimum atomic E-state index is -0.263. The van der Waals surface area contributed by atoms with Crippen LogP contribution in [0.2, 0.25) is 5.02 Å². The van der Waals surface area contributed by atoms with Gasteiger partial charge in [-0.3, -0.25) is 9.59 Å². The number of nitrogens with one attached hydrogen (secondary N) is 1. The van der Waals surface area contributed by atoms with Crippen LogP contribution in [0.15, 0.2) is 60.8 Å². The van der Waals surface area contributed by atoms with Crippen LogP contribution in [-0.4, -0.2) is 34.8 Å². The molecule has 1 amide bonds. The quantitative estimate of drug-likeness (QED) is 0.444. The zero-order chi connectivity index (χ0) is 20.6. The molecule has 0 aliphatic rings. The number of rotatable bonds is 8. The summed E-state index contributed by atoms with van der Waals surface area (Å²) in [6.45, 7) is 2.49. The average Bonchev–Trinajstić information content (AvgIpc) is 3.18. The van der Waals surface area contributed by atoms with Gasteiger partial charge in [-0.1, -0.05) is 41.9 Å². The molecule has 3 aromatic rings. The van der Waals surface area contributed by atoms with Crippen molar-refractivity contribution in [3.8, 4) is 16.9 Å². The molecule has 7 heteroatoms. The third-order valence-corrected chi connectivity index (χ3v) is 4.50. The number of carbonyl (C=O) groups excluding carboxylic acids is 2. The first-order valence-corrected chi connectivity index (χ1v) is 9.81. The Morgan fingerprint density at radius 1 is 1.10 bits per heavy atom. The van der Waals surface area contributed by atoms with E-state index in [4.69, 9.17) is 16.3 Å². The molecule has 150 valence electrons. The molecule has 0 aliphatic carbocycles. The lowest BCUT2D eigenvalue weighted by atomic mass is 10.1. The smallest absolute Gasteiger partial charge is 0.305 e. The van der Waals surface area contributed by atoms with E-state index in [1.54, 1.807) is 29.9 Å². The van der Waals surface area contributed by atoms with E-state index in [-0.39, 0.29) is 18.3 Å². The highest BCUT2D eigenvalue weighted by molar-refractivity contribution is 6.30. The van der Waals surface area contributed by atoms with Gasteiger partial charge in [-0.05, 0) is 37.6 Å². The molecule has 0 atom stereocenters. The Morgan fingerprint density at radius 2 is 1.83 bits per heavy atom. The van der Waals surface area contributed by atoms with Crippen molar-refractivity contribution in [1.29, 1.82) is 0 Å². The lowest BCUT2D eigenvalue weighted by Crippen LogP contribution is -2.25. The van der Waals surface area contributed by atoms with Crippen molar-refractivity contribution in [2.75, 3.05) is 13.2 Å². The molecule has 0 bridgehead atoms. The number of esters is 1. The van der Waals surface area contributed by atoms with E-state index in [1.165, 1.54) is 0 Å². The van der Waals surface area contributed by atoms with Gasteiger partial charge in [0.25, 0.3) is 5.91 Å². The Kier molecular flexibility index (Phi) is 7.03. The molecule has 0 saturated carbocycles. The van der Waals surface area contributed by atoms with Crippen LogP contribution in [0.25, 0.3) is 16.9 Å². The number of benzene rings is 2. The van der Waals surface area contributed by atoms with Crippen LogP contribution < -0.4 is 5.32 Å². The summed E-state index contributed by atoms with van der Waals surface area (Å²) in [6.07, 6.45) is 2.48. The van der Waals surface area contributed by atoms with Gasteiger partial charge >= 0.3 is 5.97 Å². The molecule has 0 saturated heterocycles. The predicted molar refractivity (Wildman–Crippen MR) is 112 cm³/mol. The molecule has 0 fully saturated rings. The maximum Gasteiger partial charge on any atom is 0.305 e. The minimum Gasteiger partial charge on any atom is -0.466 e. The summed E-state index contributed by atoms with van der Waals surface area (Å²) in [4.78, 5) is 24.2. The third-order valence-electron chi connectivity index (χ3n) is 4.25. The Bertz CT molecular complexity index is 969. The van der Waals surface area contributed by atoms with Crippen molar-refractivity contribution < 1.29 is 14.3 Å². The second kappa shape index (κ2) is 9.89. The zero-order valence-electron chi connectivity index (χ0n) is 16.1. The second-order valence-corrected chi connectivity index (χ2v) is 6.78. The summed E-state index contributed by atoms with van der Waals surface area (Å²) in [5, 5.41) is 8.09. The molecular formula is C22H22ClN3O3. The molecule has 0 aliphatic heterocycles. The highest BCUT2D eigenvalue weighted by atomic mass is 35.5. The Balaban J connectivity index is 1.80. The lowest BCUT2D eigenvalue weighted by molar-refractivity contribution is -0.143. The number of para-hydroxylation sites is 1. The summed E-state index contributed by atoms with van der Waals surface area (Å²) in [7, 11) is 0. The van der Waals surface area contributed by atoms with Gasteiger partial charge in [0.05, 0.1) is 17.9 Å². The van der Waals surface area contributed by atoms with Crippen LogP contribution in [0, 0.1) is 0 Å². The number of halogens is 1. The van der Waals surface area contributed by atoms with Crippen molar-refractivity contribution in [1.82, 2.24) is 15.1 Å². The van der Waals surface area contributed by atoms with Crippen molar-refractivity contribution in [2.45, 2.75) is 19.8 Å². The molecule has 6 nitrogen and oxygen atoms in total. The van der Waals surface area contributed by atoms with Crippen LogP contribution in [0.1, 0.15) is 30.1 Å². The van der Waals surface area contributed by atoms with Gasteiger partial charge in [0.15, 0.2) is 0 Å². The number of nitrogens with zero attached hydrogens (tertiary/aromatic N) is 2. The molecule has 1 heterocycles. The fourth-order valence-corrected chi connectivity index (χ4v) is 2.96. The highest BCUT2D eigenvalue weighted by Crippen LogP contribution is 2.25. The first-order valence-electron chi connectivity index (χ1n) is 9.43. The van der Waals surface area contributed by atoms with Gasteiger partial charge in [-0.15, -0.1) is 0 Å². The molecule has 29 heavy (non-hydrogen) atoms. The van der Waals surface area contributed by atoms with Gasteiger partial charge in [0, 0.05) is 29.7 Å². The normalized spacial score (nSPS) is 10.6. The predicted octanol–water partition coefficient (Wildman–Crippen LogP) is 4.27. The van der Waals surface area contributed by atoms with Crippen molar-refractivity contribution in [2.24, 2.45) is 0 Å². The number of hydrogen-bond donors (Lipinski definition) is 1. The molecule has 0 radical (unpaired) electrons. The lowest BCUT2D eigenvalue weighted by Gasteiger charge is -2.06. The summed E-state index contributed by atoms with van der Waals surface area (Å²) in [5.74, 6) is -0.513. The van der Waals surface area contributed by atoms with Crippen LogP contribution in [0.4, 0.5) is 0 Å². The van der Waals surface area contributed by atoms with Gasteiger partial charge < -0.3 is 10.1 Å².